The standard InChI is InChI=1S/C22H26N2O3/c1-22(14-27-15-22)13-23-21(26)19-10-8-18(9-11-19)17-6-4-16(5-7-17)12-20(25)24(2)3/h4-11H,12-15H2,1-3H3,(H,23,26). The molecule has 0 saturated carbocycles. The van der Waals surface area contributed by atoms with Gasteiger partial charge in [0.15, 0.2) is 0 Å². The first-order valence-corrected chi connectivity index (χ1v) is 9.12. The van der Waals surface area contributed by atoms with Gasteiger partial charge in [-0.25, -0.2) is 0 Å². The fourth-order valence-electron chi connectivity index (χ4n) is 2.91. The number of nitrogens with zero attached hydrogens (tertiary/aromatic N) is 1. The van der Waals surface area contributed by atoms with Crippen molar-refractivity contribution in [3.63, 3.8) is 0 Å². The summed E-state index contributed by atoms with van der Waals surface area (Å²) in [6, 6.07) is 15.5. The molecule has 2 amide bonds. The predicted octanol–water partition coefficient (Wildman–Crippen LogP) is 2.75. The maximum absolute atomic E-state index is 12.3. The molecule has 5 heteroatoms. The third kappa shape index (κ3) is 4.74. The van der Waals surface area contributed by atoms with Gasteiger partial charge in [0.2, 0.25) is 5.91 Å². The zero-order valence-corrected chi connectivity index (χ0v) is 16.1. The summed E-state index contributed by atoms with van der Waals surface area (Å²) >= 11 is 0. The van der Waals surface area contributed by atoms with Crippen LogP contribution in [-0.4, -0.2) is 50.6 Å². The Morgan fingerprint density at radius 2 is 1.56 bits per heavy atom. The number of ether oxygens (including phenoxy) is 1. The van der Waals surface area contributed by atoms with E-state index >= 15 is 0 Å². The van der Waals surface area contributed by atoms with E-state index < -0.39 is 0 Å². The van der Waals surface area contributed by atoms with Gasteiger partial charge >= 0.3 is 0 Å². The van der Waals surface area contributed by atoms with Gasteiger partial charge in [-0.05, 0) is 28.8 Å². The Bertz CT molecular complexity index is 806. The summed E-state index contributed by atoms with van der Waals surface area (Å²) in [5, 5.41) is 2.98. The van der Waals surface area contributed by atoms with Gasteiger partial charge in [0.1, 0.15) is 0 Å². The monoisotopic (exact) mass is 366 g/mol. The first-order chi connectivity index (χ1) is 12.9. The maximum Gasteiger partial charge on any atom is 0.251 e. The van der Waals surface area contributed by atoms with Gasteiger partial charge in [-0.1, -0.05) is 43.3 Å². The highest BCUT2D eigenvalue weighted by Crippen LogP contribution is 2.25. The van der Waals surface area contributed by atoms with Crippen molar-refractivity contribution in [2.45, 2.75) is 13.3 Å². The molecule has 0 unspecified atom stereocenters. The number of carbonyl (C=O) groups is 2. The fraction of sp³-hybridized carbons (Fsp3) is 0.364. The number of carbonyl (C=O) groups excluding carboxylic acids is 2. The summed E-state index contributed by atoms with van der Waals surface area (Å²) < 4.78 is 5.21. The minimum absolute atomic E-state index is 0.0608. The van der Waals surface area contributed by atoms with Crippen molar-refractivity contribution in [2.24, 2.45) is 5.41 Å². The molecule has 3 rings (SSSR count). The summed E-state index contributed by atoms with van der Waals surface area (Å²) in [5.41, 5.74) is 3.79. The van der Waals surface area contributed by atoms with E-state index in [0.717, 1.165) is 16.7 Å². The van der Waals surface area contributed by atoms with Crippen molar-refractivity contribution in [3.8, 4) is 11.1 Å². The van der Waals surface area contributed by atoms with Crippen molar-refractivity contribution >= 4 is 11.8 Å². The normalized spacial score (nSPS) is 14.9. The van der Waals surface area contributed by atoms with E-state index in [1.165, 1.54) is 0 Å². The summed E-state index contributed by atoms with van der Waals surface area (Å²) in [6.45, 7) is 4.13. The Morgan fingerprint density at radius 3 is 2.04 bits per heavy atom. The largest absolute Gasteiger partial charge is 0.380 e. The lowest BCUT2D eigenvalue weighted by atomic mass is 9.88. The molecule has 1 N–H and O–H groups in total. The Hall–Kier alpha value is -2.66. The van der Waals surface area contributed by atoms with Crippen LogP contribution in [0, 0.1) is 5.41 Å². The lowest BCUT2D eigenvalue weighted by molar-refractivity contribution is -0.127. The second-order valence-electron chi connectivity index (χ2n) is 7.73. The van der Waals surface area contributed by atoms with Gasteiger partial charge in [-0.2, -0.15) is 0 Å². The molecule has 1 aliphatic heterocycles. The van der Waals surface area contributed by atoms with E-state index in [4.69, 9.17) is 4.74 Å². The van der Waals surface area contributed by atoms with E-state index in [2.05, 4.69) is 12.2 Å². The Labute approximate surface area is 160 Å². The molecule has 1 aliphatic rings. The molecule has 0 atom stereocenters. The van der Waals surface area contributed by atoms with E-state index in [9.17, 15) is 9.59 Å². The van der Waals surface area contributed by atoms with Gasteiger partial charge in [-0.15, -0.1) is 0 Å². The molecule has 27 heavy (non-hydrogen) atoms. The second kappa shape index (κ2) is 7.92. The predicted molar refractivity (Wildman–Crippen MR) is 106 cm³/mol. The van der Waals surface area contributed by atoms with Gasteiger partial charge in [0.05, 0.1) is 19.6 Å². The van der Waals surface area contributed by atoms with E-state index in [1.807, 2.05) is 48.5 Å². The van der Waals surface area contributed by atoms with Gasteiger partial charge < -0.3 is 15.0 Å². The fourth-order valence-corrected chi connectivity index (χ4v) is 2.91. The van der Waals surface area contributed by atoms with Crippen LogP contribution in [0.2, 0.25) is 0 Å². The highest BCUT2D eigenvalue weighted by atomic mass is 16.5. The van der Waals surface area contributed by atoms with Gasteiger partial charge in [0.25, 0.3) is 5.91 Å². The van der Waals surface area contributed by atoms with E-state index in [-0.39, 0.29) is 17.2 Å². The average Bonchev–Trinajstić information content (AvgIpc) is 2.65. The van der Waals surface area contributed by atoms with E-state index in [0.29, 0.717) is 31.7 Å². The number of hydrogen-bond acceptors (Lipinski definition) is 3. The summed E-state index contributed by atoms with van der Waals surface area (Å²) in [4.78, 5) is 25.7. The van der Waals surface area contributed by atoms with Crippen molar-refractivity contribution in [1.29, 1.82) is 0 Å². The molecule has 5 nitrogen and oxygen atoms in total. The lowest BCUT2D eigenvalue weighted by Gasteiger charge is -2.38. The molecule has 0 aliphatic carbocycles. The Kier molecular flexibility index (Phi) is 5.61. The van der Waals surface area contributed by atoms with Gasteiger partial charge in [0, 0.05) is 31.6 Å². The maximum atomic E-state index is 12.3. The average molecular weight is 366 g/mol. The Balaban J connectivity index is 1.61. The molecular weight excluding hydrogens is 340 g/mol. The third-order valence-electron chi connectivity index (χ3n) is 4.87. The number of nitrogens with one attached hydrogen (secondary N) is 1. The quantitative estimate of drug-likeness (QED) is 0.855. The molecule has 1 fully saturated rings. The molecule has 2 aromatic rings. The van der Waals surface area contributed by atoms with Crippen LogP contribution in [0.5, 0.6) is 0 Å². The molecule has 0 radical (unpaired) electrons. The molecule has 0 spiro atoms. The van der Waals surface area contributed by atoms with Crippen LogP contribution in [-0.2, 0) is 16.0 Å². The second-order valence-corrected chi connectivity index (χ2v) is 7.73. The van der Waals surface area contributed by atoms with Crippen LogP contribution in [0.4, 0.5) is 0 Å². The molecular formula is C22H26N2O3. The SMILES string of the molecule is CN(C)C(=O)Cc1ccc(-c2ccc(C(=O)NCC3(C)COC3)cc2)cc1. The number of hydrogen-bond donors (Lipinski definition) is 1. The minimum Gasteiger partial charge on any atom is -0.380 e. The highest BCUT2D eigenvalue weighted by Gasteiger charge is 2.33. The van der Waals surface area contributed by atoms with Crippen LogP contribution < -0.4 is 5.32 Å². The lowest BCUT2D eigenvalue weighted by Crippen LogP contribution is -2.48. The van der Waals surface area contributed by atoms with Crippen molar-refractivity contribution in [2.75, 3.05) is 33.9 Å². The third-order valence-corrected chi connectivity index (χ3v) is 4.87. The number of benzene rings is 2. The molecule has 0 bridgehead atoms. The van der Waals surface area contributed by atoms with Crippen LogP contribution >= 0.6 is 0 Å². The zero-order valence-electron chi connectivity index (χ0n) is 16.1. The number of likely N-dealkylation sites (N-methyl/N-ethyl adjacent to an activating group) is 1. The van der Waals surface area contributed by atoms with Crippen LogP contribution in [0.25, 0.3) is 11.1 Å². The van der Waals surface area contributed by atoms with Crippen molar-refractivity contribution in [3.05, 3.63) is 59.7 Å². The van der Waals surface area contributed by atoms with Crippen LogP contribution in [0.15, 0.2) is 48.5 Å². The van der Waals surface area contributed by atoms with Crippen molar-refractivity contribution in [1.82, 2.24) is 10.2 Å². The smallest absolute Gasteiger partial charge is 0.251 e. The van der Waals surface area contributed by atoms with E-state index in [1.54, 1.807) is 19.0 Å². The Morgan fingerprint density at radius 1 is 1.00 bits per heavy atom. The first kappa shape index (κ1) is 19.1. The van der Waals surface area contributed by atoms with Gasteiger partial charge in [-0.3, -0.25) is 9.59 Å². The van der Waals surface area contributed by atoms with Crippen molar-refractivity contribution < 1.29 is 14.3 Å². The zero-order chi connectivity index (χ0) is 19.4. The van der Waals surface area contributed by atoms with Crippen LogP contribution in [0.3, 0.4) is 0 Å². The summed E-state index contributed by atoms with van der Waals surface area (Å²) in [5.74, 6) is 0.0210. The molecule has 1 heterocycles. The highest BCUT2D eigenvalue weighted by molar-refractivity contribution is 5.94. The number of amides is 2. The molecule has 142 valence electrons. The molecule has 0 aromatic heterocycles. The summed E-state index contributed by atoms with van der Waals surface area (Å²) in [6.07, 6.45) is 0.399. The van der Waals surface area contributed by atoms with Crippen LogP contribution in [0.1, 0.15) is 22.8 Å². The minimum atomic E-state index is -0.0628. The first-order valence-electron chi connectivity index (χ1n) is 9.12. The number of rotatable bonds is 6. The molecule has 1 saturated heterocycles. The summed E-state index contributed by atoms with van der Waals surface area (Å²) in [7, 11) is 3.52. The topological polar surface area (TPSA) is 58.6 Å². The molecule has 2 aromatic carbocycles.